The quantitative estimate of drug-likeness (QED) is 0.678. The summed E-state index contributed by atoms with van der Waals surface area (Å²) in [5.41, 5.74) is 1.77. The van der Waals surface area contributed by atoms with Crippen molar-refractivity contribution >= 4 is 33.8 Å². The zero-order valence-corrected chi connectivity index (χ0v) is 18.7. The maximum atomic E-state index is 13.3. The minimum Gasteiger partial charge on any atom is -0.492 e. The maximum Gasteiger partial charge on any atom is 0.259 e. The summed E-state index contributed by atoms with van der Waals surface area (Å²) >= 11 is 1.54. The molecule has 3 rings (SSSR count). The van der Waals surface area contributed by atoms with Crippen molar-refractivity contribution in [3.05, 3.63) is 40.3 Å². The third-order valence-corrected chi connectivity index (χ3v) is 6.25. The van der Waals surface area contributed by atoms with E-state index >= 15 is 0 Å². The number of nitrogens with one attached hydrogen (secondary N) is 2. The molecular weight excluding hydrogens is 384 g/mol. The summed E-state index contributed by atoms with van der Waals surface area (Å²) in [5, 5.41) is 6.67. The SMILES string of the molecule is CCOc1ccccc1NC(=O)c1c(NC(=O)C(C)(C)C)sc2c1CC[C@H](C)C2. The molecule has 2 aromatic rings. The fourth-order valence-electron chi connectivity index (χ4n) is 3.41. The van der Waals surface area contributed by atoms with Crippen LogP contribution in [0.25, 0.3) is 0 Å². The molecule has 1 aliphatic carbocycles. The van der Waals surface area contributed by atoms with Crippen LogP contribution in [0.15, 0.2) is 24.3 Å². The van der Waals surface area contributed by atoms with Crippen molar-refractivity contribution in [3.8, 4) is 5.75 Å². The fourth-order valence-corrected chi connectivity index (χ4v) is 4.81. The highest BCUT2D eigenvalue weighted by molar-refractivity contribution is 7.17. The minimum atomic E-state index is -0.535. The smallest absolute Gasteiger partial charge is 0.259 e. The molecule has 1 aliphatic rings. The van der Waals surface area contributed by atoms with Crippen molar-refractivity contribution in [2.45, 2.75) is 53.9 Å². The van der Waals surface area contributed by atoms with Gasteiger partial charge in [0.2, 0.25) is 5.91 Å². The Balaban J connectivity index is 1.96. The van der Waals surface area contributed by atoms with Crippen LogP contribution in [0.1, 0.15) is 61.8 Å². The van der Waals surface area contributed by atoms with Crippen molar-refractivity contribution in [3.63, 3.8) is 0 Å². The van der Waals surface area contributed by atoms with Gasteiger partial charge in [0.25, 0.3) is 5.91 Å². The highest BCUT2D eigenvalue weighted by atomic mass is 32.1. The minimum absolute atomic E-state index is 0.0899. The van der Waals surface area contributed by atoms with E-state index in [0.717, 1.165) is 24.8 Å². The highest BCUT2D eigenvalue weighted by Gasteiger charge is 2.30. The number of hydrogen-bond donors (Lipinski definition) is 2. The van der Waals surface area contributed by atoms with Crippen LogP contribution in [-0.2, 0) is 17.6 Å². The molecule has 0 aliphatic heterocycles. The Morgan fingerprint density at radius 2 is 1.93 bits per heavy atom. The third kappa shape index (κ3) is 4.81. The molecule has 0 bridgehead atoms. The molecule has 0 radical (unpaired) electrons. The molecule has 0 fully saturated rings. The normalized spacial score (nSPS) is 16.1. The Kier molecular flexibility index (Phi) is 6.32. The summed E-state index contributed by atoms with van der Waals surface area (Å²) in [5.74, 6) is 0.935. The molecule has 29 heavy (non-hydrogen) atoms. The fraction of sp³-hybridized carbons (Fsp3) is 0.478. The monoisotopic (exact) mass is 414 g/mol. The van der Waals surface area contributed by atoms with E-state index in [1.54, 1.807) is 0 Å². The first-order chi connectivity index (χ1) is 13.7. The first-order valence-corrected chi connectivity index (χ1v) is 11.0. The van der Waals surface area contributed by atoms with E-state index < -0.39 is 5.41 Å². The number of rotatable bonds is 5. The number of amides is 2. The first kappa shape index (κ1) is 21.4. The topological polar surface area (TPSA) is 67.4 Å². The number of hydrogen-bond acceptors (Lipinski definition) is 4. The predicted molar refractivity (Wildman–Crippen MR) is 119 cm³/mol. The molecule has 1 atom stereocenters. The summed E-state index contributed by atoms with van der Waals surface area (Å²) in [6.45, 7) is 10.3. The second-order valence-electron chi connectivity index (χ2n) is 8.64. The largest absolute Gasteiger partial charge is 0.492 e. The Labute approximate surface area is 176 Å². The van der Waals surface area contributed by atoms with E-state index in [0.29, 0.717) is 34.5 Å². The molecular formula is C23H30N2O3S. The summed E-state index contributed by atoms with van der Waals surface area (Å²) in [6.07, 6.45) is 2.85. The van der Waals surface area contributed by atoms with Gasteiger partial charge in [-0.05, 0) is 49.8 Å². The van der Waals surface area contributed by atoms with Gasteiger partial charge in [0.1, 0.15) is 10.8 Å². The van der Waals surface area contributed by atoms with Gasteiger partial charge >= 0.3 is 0 Å². The Hall–Kier alpha value is -2.34. The van der Waals surface area contributed by atoms with Crippen molar-refractivity contribution in [2.24, 2.45) is 11.3 Å². The Morgan fingerprint density at radius 3 is 2.62 bits per heavy atom. The number of para-hydroxylation sites is 2. The summed E-state index contributed by atoms with van der Waals surface area (Å²) < 4.78 is 5.64. The van der Waals surface area contributed by atoms with Crippen molar-refractivity contribution < 1.29 is 14.3 Å². The van der Waals surface area contributed by atoms with Crippen LogP contribution < -0.4 is 15.4 Å². The molecule has 2 N–H and O–H groups in total. The van der Waals surface area contributed by atoms with Crippen LogP contribution in [0.3, 0.4) is 0 Å². The van der Waals surface area contributed by atoms with E-state index in [1.807, 2.05) is 52.0 Å². The van der Waals surface area contributed by atoms with Gasteiger partial charge < -0.3 is 15.4 Å². The van der Waals surface area contributed by atoms with Gasteiger partial charge in [-0.15, -0.1) is 11.3 Å². The number of carbonyl (C=O) groups is 2. The van der Waals surface area contributed by atoms with Gasteiger partial charge in [0.15, 0.2) is 0 Å². The van der Waals surface area contributed by atoms with Gasteiger partial charge in [-0.1, -0.05) is 39.8 Å². The van der Waals surface area contributed by atoms with Gasteiger partial charge in [-0.25, -0.2) is 0 Å². The van der Waals surface area contributed by atoms with Crippen molar-refractivity contribution in [2.75, 3.05) is 17.2 Å². The molecule has 6 heteroatoms. The molecule has 0 saturated carbocycles. The van der Waals surface area contributed by atoms with Crippen LogP contribution in [0.5, 0.6) is 5.75 Å². The molecule has 0 saturated heterocycles. The Morgan fingerprint density at radius 1 is 1.21 bits per heavy atom. The van der Waals surface area contributed by atoms with Crippen molar-refractivity contribution in [1.82, 2.24) is 0 Å². The third-order valence-electron chi connectivity index (χ3n) is 5.08. The second kappa shape index (κ2) is 8.57. The predicted octanol–water partition coefficient (Wildman–Crippen LogP) is 5.51. The van der Waals surface area contributed by atoms with Crippen LogP contribution >= 0.6 is 11.3 Å². The molecule has 156 valence electrons. The molecule has 0 unspecified atom stereocenters. The van der Waals surface area contributed by atoms with Crippen LogP contribution in [0, 0.1) is 11.3 Å². The van der Waals surface area contributed by atoms with E-state index in [1.165, 1.54) is 16.2 Å². The number of benzene rings is 1. The molecule has 1 aromatic heterocycles. The lowest BCUT2D eigenvalue weighted by Crippen LogP contribution is -2.28. The molecule has 0 spiro atoms. The average Bonchev–Trinajstić information content (AvgIpc) is 2.99. The zero-order valence-electron chi connectivity index (χ0n) is 17.8. The number of anilines is 2. The number of fused-ring (bicyclic) bond motifs is 1. The first-order valence-electron chi connectivity index (χ1n) is 10.2. The maximum absolute atomic E-state index is 13.3. The van der Waals surface area contributed by atoms with Crippen LogP contribution in [0.4, 0.5) is 10.7 Å². The number of ether oxygens (including phenoxy) is 1. The highest BCUT2D eigenvalue weighted by Crippen LogP contribution is 2.41. The van der Waals surface area contributed by atoms with Crippen LogP contribution in [-0.4, -0.2) is 18.4 Å². The van der Waals surface area contributed by atoms with E-state index in [2.05, 4.69) is 17.6 Å². The van der Waals surface area contributed by atoms with E-state index in [9.17, 15) is 9.59 Å². The molecule has 5 nitrogen and oxygen atoms in total. The summed E-state index contributed by atoms with van der Waals surface area (Å²) in [4.78, 5) is 27.2. The van der Waals surface area contributed by atoms with Gasteiger partial charge in [-0.2, -0.15) is 0 Å². The second-order valence-corrected chi connectivity index (χ2v) is 9.75. The summed E-state index contributed by atoms with van der Waals surface area (Å²) in [6, 6.07) is 7.41. The number of carbonyl (C=O) groups excluding carboxylic acids is 2. The zero-order chi connectivity index (χ0) is 21.2. The lowest BCUT2D eigenvalue weighted by atomic mass is 9.88. The van der Waals surface area contributed by atoms with Gasteiger partial charge in [0, 0.05) is 10.3 Å². The molecule has 2 amide bonds. The molecule has 1 aromatic carbocycles. The lowest BCUT2D eigenvalue weighted by molar-refractivity contribution is -0.123. The lowest BCUT2D eigenvalue weighted by Gasteiger charge is -2.19. The van der Waals surface area contributed by atoms with Crippen LogP contribution in [0.2, 0.25) is 0 Å². The van der Waals surface area contributed by atoms with E-state index in [-0.39, 0.29) is 11.8 Å². The van der Waals surface area contributed by atoms with Crippen molar-refractivity contribution in [1.29, 1.82) is 0 Å². The standard InChI is InChI=1S/C23H30N2O3S/c1-6-28-17-10-8-7-9-16(17)24-20(26)19-15-12-11-14(2)13-18(15)29-21(19)25-22(27)23(3,4)5/h7-10,14H,6,11-13H2,1-5H3,(H,24,26)(H,25,27)/t14-/m0/s1. The van der Waals surface area contributed by atoms with E-state index in [4.69, 9.17) is 4.74 Å². The number of thiophene rings is 1. The summed E-state index contributed by atoms with van der Waals surface area (Å²) in [7, 11) is 0. The Bertz CT molecular complexity index is 911. The average molecular weight is 415 g/mol. The van der Waals surface area contributed by atoms with Gasteiger partial charge in [-0.3, -0.25) is 9.59 Å². The molecule has 1 heterocycles. The van der Waals surface area contributed by atoms with Gasteiger partial charge in [0.05, 0.1) is 17.9 Å².